The van der Waals surface area contributed by atoms with Crippen molar-refractivity contribution >= 4 is 42.6 Å². The highest BCUT2D eigenvalue weighted by atomic mass is 19.1. The number of urea groups is 1. The quantitative estimate of drug-likeness (QED) is 0.0839. The van der Waals surface area contributed by atoms with E-state index in [1.807, 2.05) is 5.48 Å². The Kier molecular flexibility index (Phi) is 8.52. The number of aliphatic imine (C=N–C) groups is 2. The molecule has 2 rings (SSSR count). The van der Waals surface area contributed by atoms with E-state index in [2.05, 4.69) is 40.9 Å². The molecule has 2 radical (unpaired) electrons. The molecule has 158 valence electrons. The van der Waals surface area contributed by atoms with E-state index in [0.717, 1.165) is 6.07 Å². The van der Waals surface area contributed by atoms with E-state index in [1.165, 1.54) is 12.1 Å². The summed E-state index contributed by atoms with van der Waals surface area (Å²) >= 11 is 0. The van der Waals surface area contributed by atoms with Gasteiger partial charge in [0.2, 0.25) is 5.82 Å². The first-order chi connectivity index (χ1) is 14.4. The zero-order valence-corrected chi connectivity index (χ0v) is 15.6. The molecule has 0 aliphatic rings. The number of nitrogens with zero attached hydrogens (tertiary/aromatic N) is 4. The van der Waals surface area contributed by atoms with Crippen LogP contribution in [-0.2, 0) is 0 Å². The number of amides is 2. The fraction of sp³-hybridized carbons (Fsp3) is 0.267. The number of rotatable bonds is 8. The number of hydrogen-bond donors (Lipinski definition) is 7. The molecule has 0 saturated carbocycles. The molecule has 0 bridgehead atoms. The molecule has 13 nitrogen and oxygen atoms in total. The summed E-state index contributed by atoms with van der Waals surface area (Å²) in [5.41, 5.74) is 7.11. The average Bonchev–Trinajstić information content (AvgIpc) is 3.17. The van der Waals surface area contributed by atoms with Crippen molar-refractivity contribution < 1.29 is 24.1 Å². The first kappa shape index (κ1) is 22.6. The van der Waals surface area contributed by atoms with Gasteiger partial charge in [-0.25, -0.2) is 18.8 Å². The molecule has 0 fully saturated rings. The molecule has 0 saturated heterocycles. The monoisotopic (exact) mass is 419 g/mol. The summed E-state index contributed by atoms with van der Waals surface area (Å²) in [6.45, 7) is 0.378. The maximum atomic E-state index is 13.3. The number of nitrogens with two attached hydrogens (primary N) is 1. The number of anilines is 1. The Morgan fingerprint density at radius 1 is 1.33 bits per heavy atom. The van der Waals surface area contributed by atoms with Crippen LogP contribution in [0.25, 0.3) is 0 Å². The number of hydroxylamine groups is 1. The second-order valence-corrected chi connectivity index (χ2v) is 5.54. The first-order valence-corrected chi connectivity index (χ1v) is 8.50. The van der Waals surface area contributed by atoms with Crippen LogP contribution in [0.15, 0.2) is 32.8 Å². The van der Waals surface area contributed by atoms with Crippen molar-refractivity contribution in [3.63, 3.8) is 0 Å². The Morgan fingerprint density at radius 2 is 2.13 bits per heavy atom. The zero-order chi connectivity index (χ0) is 21.9. The molecule has 0 unspecified atom stereocenters. The maximum Gasteiger partial charge on any atom is 0.318 e. The second-order valence-electron chi connectivity index (χ2n) is 5.54. The number of aliphatic hydroxyl groups is 1. The number of aromatic nitrogens is 2. The second kappa shape index (κ2) is 11.3. The van der Waals surface area contributed by atoms with E-state index in [-0.39, 0.29) is 60.7 Å². The van der Waals surface area contributed by atoms with Crippen molar-refractivity contribution in [1.82, 2.24) is 26.4 Å². The van der Waals surface area contributed by atoms with Gasteiger partial charge in [0.05, 0.1) is 18.8 Å². The lowest BCUT2D eigenvalue weighted by Gasteiger charge is -2.10. The van der Waals surface area contributed by atoms with Crippen LogP contribution in [-0.4, -0.2) is 72.5 Å². The van der Waals surface area contributed by atoms with Crippen LogP contribution in [0.4, 0.5) is 20.7 Å². The lowest BCUT2D eigenvalue weighted by atomic mass is 9.95. The summed E-state index contributed by atoms with van der Waals surface area (Å²) in [6.07, 6.45) is 0. The molecule has 2 amide bonds. The predicted octanol–water partition coefficient (Wildman–Crippen LogP) is -1.92. The number of nitrogens with one attached hydrogen (secondary N) is 4. The molecule has 8 N–H and O–H groups in total. The predicted molar refractivity (Wildman–Crippen MR) is 106 cm³/mol. The summed E-state index contributed by atoms with van der Waals surface area (Å²) in [4.78, 5) is 18.9. The van der Waals surface area contributed by atoms with E-state index in [9.17, 15) is 14.4 Å². The van der Waals surface area contributed by atoms with Gasteiger partial charge in [0, 0.05) is 13.1 Å². The van der Waals surface area contributed by atoms with Crippen LogP contribution in [0.2, 0.25) is 0 Å². The van der Waals surface area contributed by atoms with E-state index < -0.39 is 11.8 Å². The van der Waals surface area contributed by atoms with Gasteiger partial charge in [-0.1, -0.05) is 5.46 Å². The van der Waals surface area contributed by atoms with Crippen molar-refractivity contribution in [2.24, 2.45) is 15.7 Å². The highest BCUT2D eigenvalue weighted by molar-refractivity contribution is 6.32. The third-order valence-corrected chi connectivity index (χ3v) is 3.36. The minimum Gasteiger partial charge on any atom is -0.394 e. The SMILES string of the molecule is [B]c1cc(N=C(NO)c2nonc2NCCNC(=NCCO)NC(N)=O)ccc1F. The average molecular weight is 419 g/mol. The van der Waals surface area contributed by atoms with Crippen molar-refractivity contribution in [2.45, 2.75) is 0 Å². The number of carbonyl (C=O) groups excluding carboxylic acids is 1. The van der Waals surface area contributed by atoms with Crippen LogP contribution < -0.4 is 32.6 Å². The van der Waals surface area contributed by atoms with Gasteiger partial charge in [0.15, 0.2) is 17.5 Å². The molecule has 1 aromatic heterocycles. The van der Waals surface area contributed by atoms with Gasteiger partial charge in [0.1, 0.15) is 13.7 Å². The molecule has 30 heavy (non-hydrogen) atoms. The fourth-order valence-corrected chi connectivity index (χ4v) is 2.10. The summed E-state index contributed by atoms with van der Waals surface area (Å²) in [7, 11) is 5.50. The van der Waals surface area contributed by atoms with Gasteiger partial charge in [-0.05, 0) is 28.5 Å². The number of aliphatic hydroxyl groups excluding tert-OH is 1. The molecule has 1 heterocycles. The van der Waals surface area contributed by atoms with E-state index >= 15 is 0 Å². The minimum absolute atomic E-state index is 0.0461. The standard InChI is InChI=1S/C15H19BFN9O4/c16-9-7-8(1-2-10(9)17)22-13(24-29)11-12(26-30-25-11)19-3-4-20-15(21-5-6-27)23-14(18)28/h1-2,7,27,29H,3-6H2,(H,19,26)(H,22,24)(H4,18,20,21,23,28). The summed E-state index contributed by atoms with van der Waals surface area (Å²) in [5, 5.41) is 33.5. The molecule has 2 aromatic rings. The summed E-state index contributed by atoms with van der Waals surface area (Å²) in [5.74, 6) is -0.495. The van der Waals surface area contributed by atoms with E-state index in [4.69, 9.17) is 18.7 Å². The minimum atomic E-state index is -0.813. The highest BCUT2D eigenvalue weighted by Gasteiger charge is 2.16. The van der Waals surface area contributed by atoms with Crippen molar-refractivity contribution in [2.75, 3.05) is 31.6 Å². The van der Waals surface area contributed by atoms with Crippen LogP contribution in [0.1, 0.15) is 5.69 Å². The van der Waals surface area contributed by atoms with Crippen molar-refractivity contribution in [3.8, 4) is 0 Å². The highest BCUT2D eigenvalue weighted by Crippen LogP contribution is 2.15. The zero-order valence-electron chi connectivity index (χ0n) is 15.6. The number of amidine groups is 1. The van der Waals surface area contributed by atoms with E-state index in [1.54, 1.807) is 0 Å². The van der Waals surface area contributed by atoms with Gasteiger partial charge in [0.25, 0.3) is 0 Å². The Hall–Kier alpha value is -3.72. The third-order valence-electron chi connectivity index (χ3n) is 3.36. The molecular formula is C15H19BFN9O4. The Bertz CT molecular complexity index is 921. The van der Waals surface area contributed by atoms with Gasteiger partial charge < -0.3 is 21.5 Å². The smallest absolute Gasteiger partial charge is 0.318 e. The molecular weight excluding hydrogens is 400 g/mol. The van der Waals surface area contributed by atoms with Gasteiger partial charge in [-0.3, -0.25) is 21.0 Å². The van der Waals surface area contributed by atoms with Crippen LogP contribution >= 0.6 is 0 Å². The van der Waals surface area contributed by atoms with Gasteiger partial charge >= 0.3 is 6.03 Å². The normalized spacial score (nSPS) is 11.8. The maximum absolute atomic E-state index is 13.3. The van der Waals surface area contributed by atoms with Gasteiger partial charge in [-0.15, -0.1) is 0 Å². The number of halogens is 1. The van der Waals surface area contributed by atoms with Crippen LogP contribution in [0, 0.1) is 5.82 Å². The molecule has 0 aliphatic carbocycles. The lowest BCUT2D eigenvalue weighted by Crippen LogP contribution is -2.45. The number of primary amides is 1. The molecule has 1 aromatic carbocycles. The number of guanidine groups is 1. The van der Waals surface area contributed by atoms with Crippen LogP contribution in [0.5, 0.6) is 0 Å². The largest absolute Gasteiger partial charge is 0.394 e. The van der Waals surface area contributed by atoms with Crippen molar-refractivity contribution in [1.29, 1.82) is 0 Å². The summed E-state index contributed by atoms with van der Waals surface area (Å²) < 4.78 is 17.9. The third kappa shape index (κ3) is 6.71. The van der Waals surface area contributed by atoms with Crippen molar-refractivity contribution in [3.05, 3.63) is 29.7 Å². The molecule has 0 aliphatic heterocycles. The molecule has 0 spiro atoms. The summed E-state index contributed by atoms with van der Waals surface area (Å²) in [6, 6.07) is 2.94. The first-order valence-electron chi connectivity index (χ1n) is 8.50. The number of benzene rings is 1. The Balaban J connectivity index is 2.02. The number of hydrogen-bond acceptors (Lipinski definition) is 9. The van der Waals surface area contributed by atoms with Gasteiger partial charge in [-0.2, -0.15) is 0 Å². The van der Waals surface area contributed by atoms with Crippen LogP contribution in [0.3, 0.4) is 0 Å². The topological polar surface area (TPSA) is 195 Å². The van der Waals surface area contributed by atoms with E-state index in [0.29, 0.717) is 0 Å². The number of carbonyl (C=O) groups is 1. The molecule has 15 heteroatoms. The Labute approximate surface area is 171 Å². The molecule has 0 atom stereocenters. The fourth-order valence-electron chi connectivity index (χ4n) is 2.10. The lowest BCUT2D eigenvalue weighted by molar-refractivity contribution is 0.234. The Morgan fingerprint density at radius 3 is 2.80 bits per heavy atom.